The van der Waals surface area contributed by atoms with E-state index in [0.717, 1.165) is 0 Å². The summed E-state index contributed by atoms with van der Waals surface area (Å²) >= 11 is 0. The van der Waals surface area contributed by atoms with E-state index in [2.05, 4.69) is 10.1 Å². The number of esters is 1. The number of benzene rings is 1. The lowest BCUT2D eigenvalue weighted by atomic mass is 9.99. The number of alkyl halides is 2. The number of carbonyl (C=O) groups excluding carboxylic acids is 2. The highest BCUT2D eigenvalue weighted by molar-refractivity contribution is 5.78. The van der Waals surface area contributed by atoms with Crippen LogP contribution >= 0.6 is 0 Å². The van der Waals surface area contributed by atoms with Crippen LogP contribution in [0.15, 0.2) is 24.3 Å². The first-order valence-electron chi connectivity index (χ1n) is 6.76. The van der Waals surface area contributed by atoms with Crippen LogP contribution in [0.5, 0.6) is 5.75 Å². The third-order valence-corrected chi connectivity index (χ3v) is 2.93. The summed E-state index contributed by atoms with van der Waals surface area (Å²) in [5.41, 5.74) is 0.444. The molecule has 0 heterocycles. The molecule has 0 radical (unpaired) electrons. The summed E-state index contributed by atoms with van der Waals surface area (Å²) < 4.78 is 37.1. The van der Waals surface area contributed by atoms with Crippen molar-refractivity contribution in [3.63, 3.8) is 0 Å². The predicted octanol–water partition coefficient (Wildman–Crippen LogP) is 2.46. The highest BCUT2D eigenvalue weighted by atomic mass is 19.3. The number of hydrogen-bond donors (Lipinski definition) is 1. The molecule has 22 heavy (non-hydrogen) atoms. The minimum absolute atomic E-state index is 0.137. The average molecular weight is 315 g/mol. The van der Waals surface area contributed by atoms with Crippen LogP contribution in [0.3, 0.4) is 0 Å². The number of carbonyl (C=O) groups is 2. The molecule has 1 aromatic rings. The molecule has 0 bridgehead atoms. The molecule has 7 heteroatoms. The molecule has 1 aromatic carbocycles. The molecule has 5 nitrogen and oxygen atoms in total. The van der Waals surface area contributed by atoms with Gasteiger partial charge in [0.25, 0.3) is 0 Å². The van der Waals surface area contributed by atoms with Crippen molar-refractivity contribution in [2.45, 2.75) is 32.2 Å². The van der Waals surface area contributed by atoms with Crippen LogP contribution in [0.2, 0.25) is 0 Å². The largest absolute Gasteiger partial charge is 0.497 e. The maximum atomic E-state index is 13.9. The van der Waals surface area contributed by atoms with Crippen LogP contribution in [-0.2, 0) is 14.3 Å². The summed E-state index contributed by atoms with van der Waals surface area (Å²) in [4.78, 5) is 22.5. The van der Waals surface area contributed by atoms with Crippen molar-refractivity contribution < 1.29 is 27.8 Å². The zero-order valence-electron chi connectivity index (χ0n) is 12.7. The monoisotopic (exact) mass is 315 g/mol. The fourth-order valence-electron chi connectivity index (χ4n) is 1.91. The van der Waals surface area contributed by atoms with Crippen LogP contribution in [0.1, 0.15) is 31.9 Å². The summed E-state index contributed by atoms with van der Waals surface area (Å²) in [5, 5.41) is 2.42. The van der Waals surface area contributed by atoms with Crippen LogP contribution in [0.25, 0.3) is 0 Å². The Balaban J connectivity index is 2.96. The van der Waals surface area contributed by atoms with Crippen LogP contribution in [0.4, 0.5) is 8.78 Å². The Bertz CT molecular complexity index is 517. The summed E-state index contributed by atoms with van der Waals surface area (Å²) in [6.07, 6.45) is -0.877. The van der Waals surface area contributed by atoms with E-state index in [1.54, 1.807) is 24.3 Å². The Morgan fingerprint density at radius 2 is 1.86 bits per heavy atom. The zero-order valence-corrected chi connectivity index (χ0v) is 12.7. The van der Waals surface area contributed by atoms with Gasteiger partial charge in [0.15, 0.2) is 0 Å². The van der Waals surface area contributed by atoms with Crippen molar-refractivity contribution in [1.29, 1.82) is 0 Å². The van der Waals surface area contributed by atoms with Crippen molar-refractivity contribution in [2.75, 3.05) is 13.7 Å². The minimum Gasteiger partial charge on any atom is -0.497 e. The number of hydrogen-bond acceptors (Lipinski definition) is 4. The van der Waals surface area contributed by atoms with E-state index in [9.17, 15) is 18.4 Å². The van der Waals surface area contributed by atoms with Gasteiger partial charge >= 0.3 is 11.9 Å². The molecule has 122 valence electrons. The summed E-state index contributed by atoms with van der Waals surface area (Å²) in [5.74, 6) is -5.20. The SMILES string of the molecule is CCOC(=O)C(F)(F)CC(NC(C)=O)c1ccc(OC)cc1. The van der Waals surface area contributed by atoms with Gasteiger partial charge in [-0.05, 0) is 24.6 Å². The van der Waals surface area contributed by atoms with E-state index in [4.69, 9.17) is 4.74 Å². The predicted molar refractivity (Wildman–Crippen MR) is 75.7 cm³/mol. The van der Waals surface area contributed by atoms with Crippen LogP contribution in [0, 0.1) is 0 Å². The second-order valence-electron chi connectivity index (χ2n) is 4.66. The first-order valence-corrected chi connectivity index (χ1v) is 6.76. The van der Waals surface area contributed by atoms with Gasteiger partial charge in [-0.15, -0.1) is 0 Å². The normalized spacial score (nSPS) is 12.4. The molecular formula is C15H19F2NO4. The van der Waals surface area contributed by atoms with Crippen molar-refractivity contribution in [3.8, 4) is 5.75 Å². The molecule has 0 saturated carbocycles. The molecule has 0 aliphatic heterocycles. The summed E-state index contributed by atoms with van der Waals surface area (Å²) in [6, 6.07) is 5.28. The fraction of sp³-hybridized carbons (Fsp3) is 0.467. The third kappa shape index (κ3) is 4.98. The molecule has 0 aromatic heterocycles. The van der Waals surface area contributed by atoms with E-state index < -0.39 is 30.3 Å². The van der Waals surface area contributed by atoms with E-state index in [-0.39, 0.29) is 6.61 Å². The lowest BCUT2D eigenvalue weighted by Gasteiger charge is -2.23. The van der Waals surface area contributed by atoms with E-state index in [1.165, 1.54) is 21.0 Å². The molecule has 0 fully saturated rings. The van der Waals surface area contributed by atoms with Crippen molar-refractivity contribution in [3.05, 3.63) is 29.8 Å². The van der Waals surface area contributed by atoms with E-state index >= 15 is 0 Å². The summed E-state index contributed by atoms with van der Waals surface area (Å²) in [7, 11) is 1.48. The molecule has 1 unspecified atom stereocenters. The van der Waals surface area contributed by atoms with Crippen molar-refractivity contribution >= 4 is 11.9 Å². The topological polar surface area (TPSA) is 64.6 Å². The maximum absolute atomic E-state index is 13.9. The first kappa shape index (κ1) is 17.9. The van der Waals surface area contributed by atoms with Crippen LogP contribution < -0.4 is 10.1 Å². The highest BCUT2D eigenvalue weighted by Gasteiger charge is 2.43. The van der Waals surface area contributed by atoms with Gasteiger partial charge in [0.05, 0.1) is 19.8 Å². The Morgan fingerprint density at radius 3 is 2.32 bits per heavy atom. The molecule has 0 saturated heterocycles. The molecule has 0 spiro atoms. The van der Waals surface area contributed by atoms with Gasteiger partial charge in [-0.25, -0.2) is 4.79 Å². The Hall–Kier alpha value is -2.18. The second kappa shape index (κ2) is 7.72. The van der Waals surface area contributed by atoms with Gasteiger partial charge in [0, 0.05) is 13.3 Å². The molecular weight excluding hydrogens is 296 g/mol. The zero-order chi connectivity index (χ0) is 16.8. The van der Waals surface area contributed by atoms with Gasteiger partial charge in [-0.3, -0.25) is 4.79 Å². The van der Waals surface area contributed by atoms with E-state index in [1.807, 2.05) is 0 Å². The Kier molecular flexibility index (Phi) is 6.27. The molecule has 1 amide bonds. The third-order valence-electron chi connectivity index (χ3n) is 2.93. The lowest BCUT2D eigenvalue weighted by molar-refractivity contribution is -0.173. The fourth-order valence-corrected chi connectivity index (χ4v) is 1.91. The van der Waals surface area contributed by atoms with Gasteiger partial charge in [-0.2, -0.15) is 8.78 Å². The van der Waals surface area contributed by atoms with Gasteiger partial charge in [0.1, 0.15) is 5.75 Å². The Morgan fingerprint density at radius 1 is 1.27 bits per heavy atom. The lowest BCUT2D eigenvalue weighted by Crippen LogP contribution is -2.37. The molecule has 1 atom stereocenters. The number of rotatable bonds is 7. The Labute approximate surface area is 127 Å². The first-order chi connectivity index (χ1) is 10.3. The maximum Gasteiger partial charge on any atom is 0.377 e. The summed E-state index contributed by atoms with van der Waals surface area (Å²) in [6.45, 7) is 2.53. The van der Waals surface area contributed by atoms with Crippen LogP contribution in [-0.4, -0.2) is 31.5 Å². The standard InChI is InChI=1S/C15H19F2NO4/c1-4-22-14(20)15(16,17)9-13(18-10(2)19)11-5-7-12(21-3)8-6-11/h5-8,13H,4,9H2,1-3H3,(H,18,19). The van der Waals surface area contributed by atoms with Gasteiger partial charge < -0.3 is 14.8 Å². The number of amides is 1. The quantitative estimate of drug-likeness (QED) is 0.785. The number of halogens is 2. The molecule has 1 rings (SSSR count). The second-order valence-corrected chi connectivity index (χ2v) is 4.66. The molecule has 0 aliphatic carbocycles. The molecule has 1 N–H and O–H groups in total. The number of ether oxygens (including phenoxy) is 2. The smallest absolute Gasteiger partial charge is 0.377 e. The average Bonchev–Trinajstić information content (AvgIpc) is 2.46. The number of methoxy groups -OCH3 is 1. The number of nitrogens with one attached hydrogen (secondary N) is 1. The highest BCUT2D eigenvalue weighted by Crippen LogP contribution is 2.30. The van der Waals surface area contributed by atoms with Crippen molar-refractivity contribution in [1.82, 2.24) is 5.32 Å². The van der Waals surface area contributed by atoms with E-state index in [0.29, 0.717) is 11.3 Å². The van der Waals surface area contributed by atoms with Crippen molar-refractivity contribution in [2.24, 2.45) is 0 Å². The molecule has 0 aliphatic rings. The van der Waals surface area contributed by atoms with Gasteiger partial charge in [0.2, 0.25) is 5.91 Å². The van der Waals surface area contributed by atoms with Gasteiger partial charge in [-0.1, -0.05) is 12.1 Å². The minimum atomic E-state index is -3.69.